The Hall–Kier alpha value is -3.12. The van der Waals surface area contributed by atoms with Gasteiger partial charge in [-0.05, 0) is 30.7 Å². The van der Waals surface area contributed by atoms with E-state index in [1.54, 1.807) is 11.3 Å². The molecule has 0 saturated heterocycles. The van der Waals surface area contributed by atoms with Crippen molar-refractivity contribution in [3.8, 4) is 0 Å². The van der Waals surface area contributed by atoms with Gasteiger partial charge in [0.25, 0.3) is 5.91 Å². The largest absolute Gasteiger partial charge is 0.450 e. The third-order valence-electron chi connectivity index (χ3n) is 4.70. The summed E-state index contributed by atoms with van der Waals surface area (Å²) < 4.78 is 11.0. The quantitative estimate of drug-likeness (QED) is 0.485. The number of fused-ring (bicyclic) bond motifs is 3. The van der Waals surface area contributed by atoms with Crippen LogP contribution in [0.3, 0.4) is 0 Å². The van der Waals surface area contributed by atoms with Gasteiger partial charge in [-0.15, -0.1) is 11.3 Å². The van der Waals surface area contributed by atoms with E-state index in [4.69, 9.17) is 9.15 Å². The minimum absolute atomic E-state index is 0.130. The lowest BCUT2D eigenvalue weighted by Gasteiger charge is -2.12. The SMILES string of the molecule is Cc1c(C(=O)OCC(=O)N[C@H](C)c2cccs2)oc2c1ccc1ccccc12. The van der Waals surface area contributed by atoms with Crippen LogP contribution < -0.4 is 5.32 Å². The predicted molar refractivity (Wildman–Crippen MR) is 110 cm³/mol. The highest BCUT2D eigenvalue weighted by Gasteiger charge is 2.21. The van der Waals surface area contributed by atoms with E-state index >= 15 is 0 Å². The number of hydrogen-bond donors (Lipinski definition) is 1. The molecule has 0 saturated carbocycles. The third-order valence-corrected chi connectivity index (χ3v) is 5.75. The molecular formula is C22H19NO4S. The van der Waals surface area contributed by atoms with Crippen molar-refractivity contribution in [2.24, 2.45) is 0 Å². The van der Waals surface area contributed by atoms with Gasteiger partial charge in [-0.2, -0.15) is 0 Å². The summed E-state index contributed by atoms with van der Waals surface area (Å²) in [4.78, 5) is 25.6. The van der Waals surface area contributed by atoms with Gasteiger partial charge in [0.05, 0.1) is 6.04 Å². The zero-order chi connectivity index (χ0) is 19.7. The normalized spacial score (nSPS) is 12.2. The van der Waals surface area contributed by atoms with Gasteiger partial charge in [0, 0.05) is 21.2 Å². The lowest BCUT2D eigenvalue weighted by Crippen LogP contribution is -2.30. The number of carbonyl (C=O) groups is 2. The van der Waals surface area contributed by atoms with Crippen molar-refractivity contribution in [2.75, 3.05) is 6.61 Å². The van der Waals surface area contributed by atoms with Gasteiger partial charge in [-0.25, -0.2) is 4.79 Å². The average molecular weight is 393 g/mol. The second-order valence-electron chi connectivity index (χ2n) is 6.60. The second-order valence-corrected chi connectivity index (χ2v) is 7.58. The van der Waals surface area contributed by atoms with Gasteiger partial charge < -0.3 is 14.5 Å². The van der Waals surface area contributed by atoms with Crippen LogP contribution in [0.1, 0.15) is 34.0 Å². The topological polar surface area (TPSA) is 68.5 Å². The third kappa shape index (κ3) is 3.39. The van der Waals surface area contributed by atoms with Crippen LogP contribution in [0, 0.1) is 6.92 Å². The van der Waals surface area contributed by atoms with Gasteiger partial charge in [-0.3, -0.25) is 4.79 Å². The Morgan fingerprint density at radius 3 is 2.71 bits per heavy atom. The van der Waals surface area contributed by atoms with Crippen molar-refractivity contribution >= 4 is 45.0 Å². The molecule has 1 atom stereocenters. The first kappa shape index (κ1) is 18.3. The zero-order valence-electron chi connectivity index (χ0n) is 15.5. The molecule has 142 valence electrons. The first-order chi connectivity index (χ1) is 13.5. The number of nitrogens with one attached hydrogen (secondary N) is 1. The number of esters is 1. The Labute approximate surface area is 165 Å². The molecule has 2 aromatic carbocycles. The number of thiophene rings is 1. The summed E-state index contributed by atoms with van der Waals surface area (Å²) in [5.41, 5.74) is 1.36. The summed E-state index contributed by atoms with van der Waals surface area (Å²) in [7, 11) is 0. The minimum Gasteiger partial charge on any atom is -0.450 e. The van der Waals surface area contributed by atoms with E-state index in [0.717, 1.165) is 21.0 Å². The van der Waals surface area contributed by atoms with Crippen molar-refractivity contribution in [1.82, 2.24) is 5.32 Å². The first-order valence-electron chi connectivity index (χ1n) is 8.95. The summed E-state index contributed by atoms with van der Waals surface area (Å²) >= 11 is 1.56. The van der Waals surface area contributed by atoms with Crippen LogP contribution in [0.4, 0.5) is 0 Å². The van der Waals surface area contributed by atoms with Crippen molar-refractivity contribution in [3.63, 3.8) is 0 Å². The van der Waals surface area contributed by atoms with Gasteiger partial charge in [0.1, 0.15) is 5.58 Å². The number of amides is 1. The zero-order valence-corrected chi connectivity index (χ0v) is 16.3. The van der Waals surface area contributed by atoms with Crippen LogP contribution in [0.25, 0.3) is 21.7 Å². The summed E-state index contributed by atoms with van der Waals surface area (Å²) in [5, 5.41) is 7.60. The van der Waals surface area contributed by atoms with Crippen molar-refractivity contribution in [1.29, 1.82) is 0 Å². The van der Waals surface area contributed by atoms with Crippen LogP contribution in [0.15, 0.2) is 58.3 Å². The molecule has 0 aliphatic rings. The fourth-order valence-corrected chi connectivity index (χ4v) is 3.97. The van der Waals surface area contributed by atoms with Crippen LogP contribution in [0.2, 0.25) is 0 Å². The second kappa shape index (κ2) is 7.48. The van der Waals surface area contributed by atoms with Crippen LogP contribution in [-0.4, -0.2) is 18.5 Å². The Bertz CT molecular complexity index is 1160. The molecule has 2 aromatic heterocycles. The molecule has 4 aromatic rings. The molecule has 4 rings (SSSR count). The van der Waals surface area contributed by atoms with Crippen LogP contribution >= 0.6 is 11.3 Å². The Morgan fingerprint density at radius 2 is 1.93 bits per heavy atom. The van der Waals surface area contributed by atoms with E-state index in [1.807, 2.05) is 67.8 Å². The number of carbonyl (C=O) groups excluding carboxylic acids is 2. The fourth-order valence-electron chi connectivity index (χ4n) is 3.23. The molecule has 1 N–H and O–H groups in total. The summed E-state index contributed by atoms with van der Waals surface area (Å²) in [6, 6.07) is 15.5. The van der Waals surface area contributed by atoms with Gasteiger partial charge in [0.15, 0.2) is 6.61 Å². The molecule has 6 heteroatoms. The molecule has 0 spiro atoms. The number of rotatable bonds is 5. The molecule has 5 nitrogen and oxygen atoms in total. The van der Waals surface area contributed by atoms with E-state index in [0.29, 0.717) is 11.1 Å². The lowest BCUT2D eigenvalue weighted by atomic mass is 10.1. The van der Waals surface area contributed by atoms with Gasteiger partial charge in [0.2, 0.25) is 5.76 Å². The predicted octanol–water partition coefficient (Wildman–Crippen LogP) is 4.99. The molecule has 0 aliphatic carbocycles. The maximum Gasteiger partial charge on any atom is 0.375 e. The van der Waals surface area contributed by atoms with Crippen molar-refractivity contribution in [3.05, 3.63) is 70.1 Å². The lowest BCUT2D eigenvalue weighted by molar-refractivity contribution is -0.124. The molecular weight excluding hydrogens is 374 g/mol. The average Bonchev–Trinajstić information content (AvgIpc) is 3.35. The number of ether oxygens (including phenoxy) is 1. The number of furan rings is 1. The van der Waals surface area contributed by atoms with E-state index < -0.39 is 5.97 Å². The van der Waals surface area contributed by atoms with E-state index in [1.165, 1.54) is 0 Å². The molecule has 0 radical (unpaired) electrons. The van der Waals surface area contributed by atoms with Crippen LogP contribution in [0.5, 0.6) is 0 Å². The van der Waals surface area contributed by atoms with Crippen molar-refractivity contribution in [2.45, 2.75) is 19.9 Å². The fraction of sp³-hybridized carbons (Fsp3) is 0.182. The molecule has 0 fully saturated rings. The van der Waals surface area contributed by atoms with Gasteiger partial charge in [-0.1, -0.05) is 42.5 Å². The molecule has 0 bridgehead atoms. The standard InChI is InChI=1S/C22H19NO4S/c1-13-16-10-9-15-6-3-4-7-17(15)21(16)27-20(13)22(25)26-12-19(24)23-14(2)18-8-5-11-28-18/h3-11,14H,12H2,1-2H3,(H,23,24)/t14-/m1/s1. The smallest absolute Gasteiger partial charge is 0.375 e. The van der Waals surface area contributed by atoms with E-state index in [2.05, 4.69) is 5.32 Å². The van der Waals surface area contributed by atoms with Gasteiger partial charge >= 0.3 is 5.97 Å². The maximum absolute atomic E-state index is 12.5. The van der Waals surface area contributed by atoms with E-state index in [9.17, 15) is 9.59 Å². The number of benzene rings is 2. The summed E-state index contributed by atoms with van der Waals surface area (Å²) in [6.07, 6.45) is 0. The highest BCUT2D eigenvalue weighted by molar-refractivity contribution is 7.10. The first-order valence-corrected chi connectivity index (χ1v) is 9.83. The molecule has 0 aliphatic heterocycles. The summed E-state index contributed by atoms with van der Waals surface area (Å²) in [5.74, 6) is -0.865. The Morgan fingerprint density at radius 1 is 1.11 bits per heavy atom. The monoisotopic (exact) mass is 393 g/mol. The number of hydrogen-bond acceptors (Lipinski definition) is 5. The van der Waals surface area contributed by atoms with Crippen LogP contribution in [-0.2, 0) is 9.53 Å². The number of aryl methyl sites for hydroxylation is 1. The molecule has 0 unspecified atom stereocenters. The van der Waals surface area contributed by atoms with E-state index in [-0.39, 0.29) is 24.3 Å². The molecule has 28 heavy (non-hydrogen) atoms. The minimum atomic E-state index is -0.642. The Balaban J connectivity index is 1.49. The highest BCUT2D eigenvalue weighted by Crippen LogP contribution is 2.32. The highest BCUT2D eigenvalue weighted by atomic mass is 32.1. The molecule has 1 amide bonds. The van der Waals surface area contributed by atoms with Crippen molar-refractivity contribution < 1.29 is 18.7 Å². The summed E-state index contributed by atoms with van der Waals surface area (Å²) in [6.45, 7) is 3.35. The molecule has 2 heterocycles. The Kier molecular flexibility index (Phi) is 4.88. The maximum atomic E-state index is 12.5.